The number of likely N-dealkylation sites (N-methyl/N-ethyl adjacent to an activating group) is 1. The second-order valence-corrected chi connectivity index (χ2v) is 7.96. The third kappa shape index (κ3) is 7.96. The maximum absolute atomic E-state index is 11.7. The Bertz CT molecular complexity index is 1080. The maximum Gasteiger partial charge on any atom is 0.259 e. The fourth-order valence-corrected chi connectivity index (χ4v) is 3.34. The average Bonchev–Trinajstić information content (AvgIpc) is 3.17. The molecule has 3 rings (SSSR count). The number of aromatic amines is 1. The molecular formula is C25H34IN5O2. The monoisotopic (exact) mass is 563 g/mol. The van der Waals surface area contributed by atoms with Gasteiger partial charge in [0.15, 0.2) is 12.6 Å². The third-order valence-corrected chi connectivity index (χ3v) is 5.13. The van der Waals surface area contributed by atoms with Gasteiger partial charge in [-0.25, -0.2) is 4.99 Å². The van der Waals surface area contributed by atoms with E-state index in [-0.39, 0.29) is 36.5 Å². The summed E-state index contributed by atoms with van der Waals surface area (Å²) in [6.45, 7) is 6.26. The van der Waals surface area contributed by atoms with Crippen molar-refractivity contribution in [2.75, 3.05) is 33.8 Å². The number of ether oxygens (including phenoxy) is 1. The molecule has 178 valence electrons. The highest BCUT2D eigenvalue weighted by molar-refractivity contribution is 14.0. The zero-order chi connectivity index (χ0) is 22.9. The van der Waals surface area contributed by atoms with Crippen LogP contribution in [0.25, 0.3) is 10.9 Å². The van der Waals surface area contributed by atoms with Crippen LogP contribution < -0.4 is 15.4 Å². The highest BCUT2D eigenvalue weighted by Crippen LogP contribution is 2.19. The van der Waals surface area contributed by atoms with Gasteiger partial charge in [-0.05, 0) is 55.2 Å². The average molecular weight is 563 g/mol. The van der Waals surface area contributed by atoms with Crippen molar-refractivity contribution in [1.29, 1.82) is 0 Å². The number of amides is 1. The van der Waals surface area contributed by atoms with Crippen molar-refractivity contribution in [3.63, 3.8) is 0 Å². The Labute approximate surface area is 213 Å². The first kappa shape index (κ1) is 26.5. The van der Waals surface area contributed by atoms with Gasteiger partial charge in [-0.3, -0.25) is 4.79 Å². The quantitative estimate of drug-likeness (QED) is 0.210. The van der Waals surface area contributed by atoms with E-state index in [0.29, 0.717) is 12.3 Å². The molecule has 1 amide bonds. The minimum atomic E-state index is -0.0719. The summed E-state index contributed by atoms with van der Waals surface area (Å²) in [4.78, 5) is 21.3. The van der Waals surface area contributed by atoms with Crippen molar-refractivity contribution in [2.24, 2.45) is 4.99 Å². The lowest BCUT2D eigenvalue weighted by atomic mass is 10.1. The fourth-order valence-electron chi connectivity index (χ4n) is 3.34. The van der Waals surface area contributed by atoms with Gasteiger partial charge in [0.25, 0.3) is 5.91 Å². The van der Waals surface area contributed by atoms with Gasteiger partial charge in [-0.15, -0.1) is 24.0 Å². The number of halogens is 1. The Morgan fingerprint density at radius 2 is 1.97 bits per heavy atom. The van der Waals surface area contributed by atoms with Gasteiger partial charge >= 0.3 is 0 Å². The van der Waals surface area contributed by atoms with Crippen molar-refractivity contribution >= 4 is 46.7 Å². The smallest absolute Gasteiger partial charge is 0.259 e. The predicted octanol–water partition coefficient (Wildman–Crippen LogP) is 3.86. The predicted molar refractivity (Wildman–Crippen MR) is 146 cm³/mol. The molecule has 0 fully saturated rings. The molecule has 1 aromatic heterocycles. The minimum Gasteiger partial charge on any atom is -0.484 e. The molecule has 1 heterocycles. The first-order valence-electron chi connectivity index (χ1n) is 11.0. The van der Waals surface area contributed by atoms with Crippen LogP contribution in [0.5, 0.6) is 5.75 Å². The number of aromatic nitrogens is 1. The largest absolute Gasteiger partial charge is 0.484 e. The van der Waals surface area contributed by atoms with Crippen molar-refractivity contribution in [3.8, 4) is 5.75 Å². The van der Waals surface area contributed by atoms with E-state index in [9.17, 15) is 4.79 Å². The van der Waals surface area contributed by atoms with E-state index in [0.717, 1.165) is 31.0 Å². The van der Waals surface area contributed by atoms with E-state index >= 15 is 0 Å². The second-order valence-electron chi connectivity index (χ2n) is 7.96. The molecule has 0 aliphatic rings. The lowest BCUT2D eigenvalue weighted by Gasteiger charge is -2.12. The summed E-state index contributed by atoms with van der Waals surface area (Å²) in [5.74, 6) is 1.37. The molecule has 0 spiro atoms. The number of guanidine groups is 1. The van der Waals surface area contributed by atoms with Crippen molar-refractivity contribution in [2.45, 2.75) is 26.8 Å². The summed E-state index contributed by atoms with van der Waals surface area (Å²) >= 11 is 0. The second kappa shape index (κ2) is 13.1. The lowest BCUT2D eigenvalue weighted by molar-refractivity contribution is -0.130. The molecule has 0 atom stereocenters. The first-order valence-corrected chi connectivity index (χ1v) is 11.0. The lowest BCUT2D eigenvalue weighted by Crippen LogP contribution is -2.38. The molecule has 0 unspecified atom stereocenters. The molecule has 7 nitrogen and oxygen atoms in total. The van der Waals surface area contributed by atoms with E-state index in [1.165, 1.54) is 26.9 Å². The minimum absolute atomic E-state index is 0. The zero-order valence-corrected chi connectivity index (χ0v) is 22.1. The Balaban J connectivity index is 0.00000385. The van der Waals surface area contributed by atoms with Crippen LogP contribution in [0.15, 0.2) is 53.7 Å². The summed E-state index contributed by atoms with van der Waals surface area (Å²) in [7, 11) is 3.43. The zero-order valence-electron chi connectivity index (χ0n) is 19.8. The van der Waals surface area contributed by atoms with E-state index in [1.807, 2.05) is 24.3 Å². The van der Waals surface area contributed by atoms with E-state index in [2.05, 4.69) is 53.9 Å². The molecule has 33 heavy (non-hydrogen) atoms. The van der Waals surface area contributed by atoms with Gasteiger partial charge in [0.2, 0.25) is 0 Å². The van der Waals surface area contributed by atoms with E-state index in [1.54, 1.807) is 14.1 Å². The highest BCUT2D eigenvalue weighted by atomic mass is 127. The fraction of sp³-hybridized carbons (Fsp3) is 0.360. The van der Waals surface area contributed by atoms with Gasteiger partial charge in [0.05, 0.1) is 6.54 Å². The van der Waals surface area contributed by atoms with Crippen LogP contribution in [0, 0.1) is 6.92 Å². The summed E-state index contributed by atoms with van der Waals surface area (Å²) in [5, 5.41) is 7.98. The number of carbonyl (C=O) groups is 1. The third-order valence-electron chi connectivity index (χ3n) is 5.13. The molecular weight excluding hydrogens is 529 g/mol. The molecule has 3 aromatic rings. The van der Waals surface area contributed by atoms with E-state index in [4.69, 9.17) is 9.73 Å². The molecule has 0 saturated heterocycles. The molecule has 0 bridgehead atoms. The number of nitrogens with zero attached hydrogens (tertiary/aromatic N) is 2. The van der Waals surface area contributed by atoms with Crippen LogP contribution in [-0.2, 0) is 17.8 Å². The number of benzene rings is 2. The Hall–Kier alpha value is -2.75. The molecule has 2 aromatic carbocycles. The maximum atomic E-state index is 11.7. The van der Waals surface area contributed by atoms with Gasteiger partial charge in [-0.2, -0.15) is 0 Å². The van der Waals surface area contributed by atoms with Gasteiger partial charge < -0.3 is 25.3 Å². The summed E-state index contributed by atoms with van der Waals surface area (Å²) in [6.07, 6.45) is 2.99. The van der Waals surface area contributed by atoms with Gasteiger partial charge in [0, 0.05) is 44.3 Å². The number of hydrogen-bond acceptors (Lipinski definition) is 3. The summed E-state index contributed by atoms with van der Waals surface area (Å²) < 4.78 is 5.60. The number of aliphatic imine (C=N–C) groups is 1. The SMILES string of the molecule is CCNC(=NCc1cccc(OCC(=O)N(C)C)c1)NCCc1c[nH]c2cc(C)ccc12.I. The first-order chi connectivity index (χ1) is 15.5. The van der Waals surface area contributed by atoms with Gasteiger partial charge in [-0.1, -0.05) is 24.3 Å². The number of aryl methyl sites for hydroxylation is 1. The Morgan fingerprint density at radius 1 is 1.15 bits per heavy atom. The highest BCUT2D eigenvalue weighted by Gasteiger charge is 2.06. The number of nitrogens with one attached hydrogen (secondary N) is 3. The van der Waals surface area contributed by atoms with Gasteiger partial charge in [0.1, 0.15) is 5.75 Å². The molecule has 8 heteroatoms. The molecule has 0 radical (unpaired) electrons. The van der Waals surface area contributed by atoms with Crippen LogP contribution in [0.2, 0.25) is 0 Å². The van der Waals surface area contributed by atoms with Crippen molar-refractivity contribution < 1.29 is 9.53 Å². The van der Waals surface area contributed by atoms with E-state index < -0.39 is 0 Å². The van der Waals surface area contributed by atoms with Crippen LogP contribution in [0.3, 0.4) is 0 Å². The molecule has 3 N–H and O–H groups in total. The summed E-state index contributed by atoms with van der Waals surface area (Å²) in [6, 6.07) is 14.2. The number of H-pyrrole nitrogens is 1. The van der Waals surface area contributed by atoms with Crippen molar-refractivity contribution in [1.82, 2.24) is 20.5 Å². The Kier molecular flexibility index (Phi) is 10.5. The Morgan fingerprint density at radius 3 is 2.73 bits per heavy atom. The van der Waals surface area contributed by atoms with Crippen molar-refractivity contribution in [3.05, 3.63) is 65.4 Å². The van der Waals surface area contributed by atoms with Crippen LogP contribution >= 0.6 is 24.0 Å². The number of fused-ring (bicyclic) bond motifs is 1. The topological polar surface area (TPSA) is 81.8 Å². The molecule has 0 aliphatic heterocycles. The molecule has 0 aliphatic carbocycles. The number of hydrogen-bond donors (Lipinski definition) is 3. The number of carbonyl (C=O) groups excluding carboxylic acids is 1. The van der Waals surface area contributed by atoms with Crippen LogP contribution in [0.1, 0.15) is 23.6 Å². The number of rotatable bonds is 9. The normalized spacial score (nSPS) is 11.1. The molecule has 0 saturated carbocycles. The summed E-state index contributed by atoms with van der Waals surface area (Å²) in [5.41, 5.74) is 4.74. The standard InChI is InChI=1S/C25H33N5O2.HI/c1-5-26-25(27-12-11-20-16-28-23-13-18(2)9-10-22(20)23)29-15-19-7-6-8-21(14-19)32-17-24(31)30(3)4;/h6-10,13-14,16,28H,5,11-12,15,17H2,1-4H3,(H2,26,27,29);1H. The van der Waals surface area contributed by atoms with Crippen LogP contribution in [-0.4, -0.2) is 55.5 Å². The van der Waals surface area contributed by atoms with Crippen LogP contribution in [0.4, 0.5) is 0 Å².